The van der Waals surface area contributed by atoms with Crippen LogP contribution in [-0.2, 0) is 0 Å². The van der Waals surface area contributed by atoms with Gasteiger partial charge in [0.25, 0.3) is 0 Å². The molecule has 1 aromatic rings. The molecule has 2 aliphatic carbocycles. The van der Waals surface area contributed by atoms with Gasteiger partial charge in [0.1, 0.15) is 5.75 Å². The maximum absolute atomic E-state index is 5.39. The van der Waals surface area contributed by atoms with E-state index in [4.69, 9.17) is 4.74 Å². The van der Waals surface area contributed by atoms with Gasteiger partial charge in [-0.15, -0.1) is 11.8 Å². The Bertz CT molecular complexity index is 573. The average molecular weight is 349 g/mol. The van der Waals surface area contributed by atoms with Gasteiger partial charge in [0.15, 0.2) is 0 Å². The summed E-state index contributed by atoms with van der Waals surface area (Å²) in [6, 6.07) is 8.56. The van der Waals surface area contributed by atoms with Crippen LogP contribution < -0.4 is 4.74 Å². The molecular formula is C22H36OS. The van der Waals surface area contributed by atoms with Crippen LogP contribution >= 0.6 is 11.8 Å². The summed E-state index contributed by atoms with van der Waals surface area (Å²) in [5, 5.41) is 0. The summed E-state index contributed by atoms with van der Waals surface area (Å²) in [6.45, 7) is 10.2. The molecule has 1 aromatic carbocycles. The highest BCUT2D eigenvalue weighted by molar-refractivity contribution is 7.99. The third kappa shape index (κ3) is 3.36. The minimum atomic E-state index is 0. The molecule has 1 nitrogen and oxygen atoms in total. The van der Waals surface area contributed by atoms with Crippen molar-refractivity contribution in [2.75, 3.05) is 12.9 Å². The molecule has 1 unspecified atom stereocenters. The standard InChI is InChI=1S/C22H34OS.H2/c1-16-10-11-20-21(2,3)12-7-13-22(20,4)19(16)15-24-18-9-6-8-17(14-18)23-5;/h6,8-9,14,16,19-20H,7,10-13,15H2,1-5H3;1H/t16-,19-,20?,22+;/m0./s1. The normalized spacial score (nSPS) is 35.3. The Labute approximate surface area is 154 Å². The zero-order chi connectivity index (χ0) is 17.4. The Morgan fingerprint density at radius 3 is 2.75 bits per heavy atom. The van der Waals surface area contributed by atoms with E-state index in [-0.39, 0.29) is 1.43 Å². The highest BCUT2D eigenvalue weighted by Crippen LogP contribution is 2.61. The molecule has 2 heteroatoms. The van der Waals surface area contributed by atoms with E-state index in [1.165, 1.54) is 42.8 Å². The Morgan fingerprint density at radius 1 is 1.21 bits per heavy atom. The summed E-state index contributed by atoms with van der Waals surface area (Å²) in [4.78, 5) is 1.35. The molecule has 0 saturated heterocycles. The van der Waals surface area contributed by atoms with Crippen molar-refractivity contribution in [3.8, 4) is 5.75 Å². The summed E-state index contributed by atoms with van der Waals surface area (Å²) in [6.07, 6.45) is 7.09. The lowest BCUT2D eigenvalue weighted by molar-refractivity contribution is -0.0850. The fourth-order valence-electron chi connectivity index (χ4n) is 5.84. The monoisotopic (exact) mass is 348 g/mol. The summed E-state index contributed by atoms with van der Waals surface area (Å²) < 4.78 is 5.39. The molecule has 3 rings (SSSR count). The number of hydrogen-bond acceptors (Lipinski definition) is 2. The van der Waals surface area contributed by atoms with Gasteiger partial charge in [-0.1, -0.05) is 46.6 Å². The topological polar surface area (TPSA) is 9.23 Å². The van der Waals surface area contributed by atoms with Crippen LogP contribution in [0.2, 0.25) is 0 Å². The lowest BCUT2D eigenvalue weighted by atomic mass is 9.47. The lowest BCUT2D eigenvalue weighted by Gasteiger charge is -2.59. The van der Waals surface area contributed by atoms with Crippen molar-refractivity contribution >= 4 is 11.8 Å². The van der Waals surface area contributed by atoms with Crippen molar-refractivity contribution in [2.45, 2.75) is 64.7 Å². The van der Waals surface area contributed by atoms with Gasteiger partial charge >= 0.3 is 0 Å². The van der Waals surface area contributed by atoms with Crippen molar-refractivity contribution in [3.63, 3.8) is 0 Å². The fourth-order valence-corrected chi connectivity index (χ4v) is 7.30. The lowest BCUT2D eigenvalue weighted by Crippen LogP contribution is -2.51. The Morgan fingerprint density at radius 2 is 2.00 bits per heavy atom. The van der Waals surface area contributed by atoms with Crippen molar-refractivity contribution < 1.29 is 6.16 Å². The Balaban J connectivity index is 0.00000225. The average Bonchev–Trinajstić information content (AvgIpc) is 2.53. The molecule has 2 saturated carbocycles. The van der Waals surface area contributed by atoms with E-state index in [9.17, 15) is 0 Å². The molecule has 24 heavy (non-hydrogen) atoms. The number of rotatable bonds is 4. The van der Waals surface area contributed by atoms with Crippen molar-refractivity contribution in [1.29, 1.82) is 0 Å². The highest BCUT2D eigenvalue weighted by Gasteiger charge is 2.53. The van der Waals surface area contributed by atoms with E-state index < -0.39 is 0 Å². The van der Waals surface area contributed by atoms with Crippen LogP contribution in [0, 0.1) is 28.6 Å². The van der Waals surface area contributed by atoms with E-state index in [1.54, 1.807) is 7.11 Å². The first-order chi connectivity index (χ1) is 11.4. The summed E-state index contributed by atoms with van der Waals surface area (Å²) >= 11 is 2.03. The van der Waals surface area contributed by atoms with Gasteiger partial charge in [0.05, 0.1) is 7.11 Å². The summed E-state index contributed by atoms with van der Waals surface area (Å²) in [5.41, 5.74) is 1.04. The molecule has 0 N–H and O–H groups in total. The maximum atomic E-state index is 5.39. The first-order valence-electron chi connectivity index (χ1n) is 9.64. The second kappa shape index (κ2) is 6.94. The smallest absolute Gasteiger partial charge is 0.119 e. The number of ether oxygens (including phenoxy) is 1. The maximum Gasteiger partial charge on any atom is 0.119 e. The number of hydrogen-bond donors (Lipinski definition) is 0. The van der Waals surface area contributed by atoms with Gasteiger partial charge in [-0.05, 0) is 66.0 Å². The van der Waals surface area contributed by atoms with E-state index in [0.29, 0.717) is 10.8 Å². The van der Waals surface area contributed by atoms with Crippen LogP contribution in [0.4, 0.5) is 0 Å². The van der Waals surface area contributed by atoms with Gasteiger partial charge < -0.3 is 4.74 Å². The van der Waals surface area contributed by atoms with Crippen LogP contribution in [0.1, 0.15) is 61.2 Å². The van der Waals surface area contributed by atoms with E-state index in [1.807, 2.05) is 17.8 Å². The van der Waals surface area contributed by atoms with Crippen LogP contribution in [0.15, 0.2) is 29.2 Å². The van der Waals surface area contributed by atoms with Crippen molar-refractivity contribution in [1.82, 2.24) is 0 Å². The zero-order valence-corrected chi connectivity index (χ0v) is 16.9. The second-order valence-electron chi connectivity index (χ2n) is 9.05. The van der Waals surface area contributed by atoms with Gasteiger partial charge in [-0.25, -0.2) is 0 Å². The highest BCUT2D eigenvalue weighted by atomic mass is 32.2. The summed E-state index contributed by atoms with van der Waals surface area (Å²) in [7, 11) is 1.75. The van der Waals surface area contributed by atoms with Gasteiger partial charge in [-0.3, -0.25) is 0 Å². The van der Waals surface area contributed by atoms with Gasteiger partial charge in [0.2, 0.25) is 0 Å². The molecule has 4 atom stereocenters. The fraction of sp³-hybridized carbons (Fsp3) is 0.727. The molecule has 136 valence electrons. The minimum absolute atomic E-state index is 0. The Hall–Kier alpha value is -0.630. The summed E-state index contributed by atoms with van der Waals surface area (Å²) in [5.74, 6) is 4.79. The number of thioether (sulfide) groups is 1. The molecule has 2 aliphatic rings. The molecule has 0 amide bonds. The zero-order valence-electron chi connectivity index (χ0n) is 16.1. The predicted octanol–water partition coefficient (Wildman–Crippen LogP) is 6.91. The predicted molar refractivity (Wildman–Crippen MR) is 107 cm³/mol. The Kier molecular flexibility index (Phi) is 5.25. The van der Waals surface area contributed by atoms with Crippen LogP contribution in [0.3, 0.4) is 0 Å². The number of methoxy groups -OCH3 is 1. The SMILES string of the molecule is COc1cccc(SC[C@H]2[C@@H](C)CCC3C(C)(C)CCC[C@@]32C)c1.[HH]. The third-order valence-corrected chi connectivity index (χ3v) is 8.30. The number of fused-ring (bicyclic) bond motifs is 1. The first kappa shape index (κ1) is 18.2. The van der Waals surface area contributed by atoms with Gasteiger partial charge in [-0.2, -0.15) is 0 Å². The largest absolute Gasteiger partial charge is 0.497 e. The minimum Gasteiger partial charge on any atom is -0.497 e. The molecule has 0 spiro atoms. The molecule has 2 fully saturated rings. The van der Waals surface area contributed by atoms with E-state index >= 15 is 0 Å². The molecule has 0 heterocycles. The molecule has 0 aromatic heterocycles. The quantitative estimate of drug-likeness (QED) is 0.547. The van der Waals surface area contributed by atoms with Crippen molar-refractivity contribution in [2.24, 2.45) is 28.6 Å². The number of benzene rings is 1. The van der Waals surface area contributed by atoms with Crippen LogP contribution in [-0.4, -0.2) is 12.9 Å². The van der Waals surface area contributed by atoms with E-state index in [2.05, 4.69) is 45.9 Å². The third-order valence-electron chi connectivity index (χ3n) is 7.19. The first-order valence-corrected chi connectivity index (χ1v) is 10.6. The second-order valence-corrected chi connectivity index (χ2v) is 10.1. The van der Waals surface area contributed by atoms with Crippen molar-refractivity contribution in [3.05, 3.63) is 24.3 Å². The van der Waals surface area contributed by atoms with E-state index in [0.717, 1.165) is 23.5 Å². The van der Waals surface area contributed by atoms with Gasteiger partial charge in [0, 0.05) is 12.1 Å². The van der Waals surface area contributed by atoms with Crippen LogP contribution in [0.25, 0.3) is 0 Å². The molecular weight excluding hydrogens is 312 g/mol. The molecule has 0 radical (unpaired) electrons. The molecule has 0 aliphatic heterocycles. The van der Waals surface area contributed by atoms with Crippen LogP contribution in [0.5, 0.6) is 5.75 Å². The molecule has 0 bridgehead atoms.